The van der Waals surface area contributed by atoms with E-state index in [2.05, 4.69) is 0 Å². The summed E-state index contributed by atoms with van der Waals surface area (Å²) >= 11 is 11.5. The highest BCUT2D eigenvalue weighted by Gasteiger charge is 2.14. The first-order valence-electron chi connectivity index (χ1n) is 5.62. The van der Waals surface area contributed by atoms with Crippen molar-refractivity contribution in [3.63, 3.8) is 0 Å². The van der Waals surface area contributed by atoms with Gasteiger partial charge in [0.25, 0.3) is 0 Å². The first kappa shape index (κ1) is 14.3. The van der Waals surface area contributed by atoms with Gasteiger partial charge < -0.3 is 5.73 Å². The Bertz CT molecular complexity index is 602. The van der Waals surface area contributed by atoms with Gasteiger partial charge in [-0.15, -0.1) is 0 Å². The second kappa shape index (κ2) is 5.87. The fraction of sp³-hybridized carbons (Fsp3) is 0.143. The molecule has 0 radical (unpaired) electrons. The molecule has 5 heteroatoms. The van der Waals surface area contributed by atoms with Crippen LogP contribution in [-0.4, -0.2) is 0 Å². The van der Waals surface area contributed by atoms with Crippen LogP contribution in [0.25, 0.3) is 0 Å². The monoisotopic (exact) mass is 301 g/mol. The minimum absolute atomic E-state index is 0.00411. The van der Waals surface area contributed by atoms with Crippen LogP contribution >= 0.6 is 23.2 Å². The summed E-state index contributed by atoms with van der Waals surface area (Å²) in [7, 11) is 0. The summed E-state index contributed by atoms with van der Waals surface area (Å²) in [6, 6.07) is 8.41. The molecule has 19 heavy (non-hydrogen) atoms. The number of rotatable bonds is 3. The maximum Gasteiger partial charge on any atom is 0.142 e. The van der Waals surface area contributed by atoms with Crippen molar-refractivity contribution in [3.05, 3.63) is 69.2 Å². The molecular formula is C14H11Cl2F2N. The molecule has 1 nitrogen and oxygen atoms in total. The number of halogens is 4. The van der Waals surface area contributed by atoms with Crippen molar-refractivity contribution in [1.29, 1.82) is 0 Å². The minimum Gasteiger partial charge on any atom is -0.324 e. The highest BCUT2D eigenvalue weighted by atomic mass is 35.5. The lowest BCUT2D eigenvalue weighted by molar-refractivity contribution is 0.614. The largest absolute Gasteiger partial charge is 0.324 e. The van der Waals surface area contributed by atoms with Gasteiger partial charge in [0.2, 0.25) is 0 Å². The van der Waals surface area contributed by atoms with Crippen LogP contribution < -0.4 is 5.73 Å². The van der Waals surface area contributed by atoms with Gasteiger partial charge in [-0.1, -0.05) is 41.4 Å². The lowest BCUT2D eigenvalue weighted by Gasteiger charge is -2.14. The van der Waals surface area contributed by atoms with Gasteiger partial charge in [-0.3, -0.25) is 0 Å². The Labute approximate surface area is 119 Å². The van der Waals surface area contributed by atoms with E-state index in [0.29, 0.717) is 17.5 Å². The highest BCUT2D eigenvalue weighted by Crippen LogP contribution is 2.27. The van der Waals surface area contributed by atoms with E-state index in [1.54, 1.807) is 18.2 Å². The first-order chi connectivity index (χ1) is 8.99. The molecule has 1 unspecified atom stereocenters. The van der Waals surface area contributed by atoms with Crippen molar-refractivity contribution in [2.45, 2.75) is 12.5 Å². The van der Waals surface area contributed by atoms with Crippen molar-refractivity contribution in [2.24, 2.45) is 5.73 Å². The van der Waals surface area contributed by atoms with E-state index in [1.165, 1.54) is 18.2 Å². The zero-order valence-corrected chi connectivity index (χ0v) is 11.3. The fourth-order valence-electron chi connectivity index (χ4n) is 1.84. The topological polar surface area (TPSA) is 26.0 Å². The Hall–Kier alpha value is -1.16. The van der Waals surface area contributed by atoms with Crippen LogP contribution in [0.3, 0.4) is 0 Å². The second-order valence-electron chi connectivity index (χ2n) is 4.20. The summed E-state index contributed by atoms with van der Waals surface area (Å²) in [4.78, 5) is 0. The van der Waals surface area contributed by atoms with Crippen molar-refractivity contribution in [3.8, 4) is 0 Å². The molecule has 0 aromatic heterocycles. The van der Waals surface area contributed by atoms with Crippen LogP contribution in [-0.2, 0) is 6.42 Å². The van der Waals surface area contributed by atoms with E-state index >= 15 is 0 Å². The molecule has 2 rings (SSSR count). The molecule has 0 heterocycles. The summed E-state index contributed by atoms with van der Waals surface area (Å²) in [5.74, 6) is -1.02. The Kier molecular flexibility index (Phi) is 4.40. The maximum absolute atomic E-state index is 13.3. The minimum atomic E-state index is -0.517. The second-order valence-corrected chi connectivity index (χ2v) is 4.99. The van der Waals surface area contributed by atoms with Gasteiger partial charge in [-0.25, -0.2) is 8.78 Å². The van der Waals surface area contributed by atoms with E-state index in [1.807, 2.05) is 0 Å². The molecule has 0 saturated carbocycles. The number of nitrogens with two attached hydrogens (primary N) is 1. The molecule has 0 bridgehead atoms. The molecule has 1 atom stereocenters. The molecule has 100 valence electrons. The molecule has 0 aliphatic heterocycles. The predicted octanol–water partition coefficient (Wildman–Crippen LogP) is 4.51. The van der Waals surface area contributed by atoms with Crippen molar-refractivity contribution < 1.29 is 8.78 Å². The van der Waals surface area contributed by atoms with Crippen molar-refractivity contribution in [1.82, 2.24) is 0 Å². The molecule has 2 aromatic carbocycles. The molecule has 0 amide bonds. The summed E-state index contributed by atoms with van der Waals surface area (Å²) in [5, 5.41) is 0.0607. The maximum atomic E-state index is 13.3. The van der Waals surface area contributed by atoms with Crippen LogP contribution in [0.4, 0.5) is 8.78 Å². The van der Waals surface area contributed by atoms with Crippen LogP contribution in [0.1, 0.15) is 17.2 Å². The standard InChI is InChI=1S/C14H11Cl2F2N/c15-10-5-4-8(6-12(10)18)7-13(19)9-2-1-3-11(17)14(9)16/h1-6,13H,7,19H2. The Morgan fingerprint density at radius 1 is 1.05 bits per heavy atom. The number of hydrogen-bond acceptors (Lipinski definition) is 1. The third kappa shape index (κ3) is 3.24. The van der Waals surface area contributed by atoms with E-state index in [-0.39, 0.29) is 10.0 Å². The van der Waals surface area contributed by atoms with Gasteiger partial charge in [0.1, 0.15) is 11.6 Å². The predicted molar refractivity (Wildman–Crippen MR) is 73.5 cm³/mol. The van der Waals surface area contributed by atoms with E-state index in [9.17, 15) is 8.78 Å². The molecule has 2 N–H and O–H groups in total. The molecule has 0 aliphatic carbocycles. The Morgan fingerprint density at radius 2 is 1.79 bits per heavy atom. The van der Waals surface area contributed by atoms with Gasteiger partial charge in [0.15, 0.2) is 0 Å². The summed E-state index contributed by atoms with van der Waals surface area (Å²) in [5.41, 5.74) is 7.15. The van der Waals surface area contributed by atoms with Crippen LogP contribution in [0.5, 0.6) is 0 Å². The van der Waals surface area contributed by atoms with E-state index < -0.39 is 17.7 Å². The van der Waals surface area contributed by atoms with Crippen LogP contribution in [0, 0.1) is 11.6 Å². The third-order valence-electron chi connectivity index (χ3n) is 2.82. The molecule has 0 aliphatic rings. The highest BCUT2D eigenvalue weighted by molar-refractivity contribution is 6.31. The fourth-order valence-corrected chi connectivity index (χ4v) is 2.22. The van der Waals surface area contributed by atoms with E-state index in [4.69, 9.17) is 28.9 Å². The molecule has 0 saturated heterocycles. The van der Waals surface area contributed by atoms with Crippen LogP contribution in [0.15, 0.2) is 36.4 Å². The van der Waals surface area contributed by atoms with Gasteiger partial charge in [-0.2, -0.15) is 0 Å². The molecule has 0 fully saturated rings. The first-order valence-corrected chi connectivity index (χ1v) is 6.38. The lowest BCUT2D eigenvalue weighted by Crippen LogP contribution is -2.14. The molecule has 0 spiro atoms. The summed E-state index contributed by atoms with van der Waals surface area (Å²) in [6.45, 7) is 0. The summed E-state index contributed by atoms with van der Waals surface area (Å²) in [6.07, 6.45) is 0.345. The van der Waals surface area contributed by atoms with Crippen molar-refractivity contribution in [2.75, 3.05) is 0 Å². The van der Waals surface area contributed by atoms with Gasteiger partial charge in [-0.05, 0) is 35.7 Å². The normalized spacial score (nSPS) is 12.5. The lowest BCUT2D eigenvalue weighted by atomic mass is 9.99. The number of hydrogen-bond donors (Lipinski definition) is 1. The van der Waals surface area contributed by atoms with E-state index in [0.717, 1.165) is 0 Å². The SMILES string of the molecule is NC(Cc1ccc(Cl)c(F)c1)c1cccc(F)c1Cl. The average molecular weight is 302 g/mol. The third-order valence-corrected chi connectivity index (χ3v) is 3.53. The van der Waals surface area contributed by atoms with Gasteiger partial charge in [0.05, 0.1) is 10.0 Å². The van der Waals surface area contributed by atoms with Crippen molar-refractivity contribution >= 4 is 23.2 Å². The Balaban J connectivity index is 2.23. The smallest absolute Gasteiger partial charge is 0.142 e. The average Bonchev–Trinajstić information content (AvgIpc) is 2.37. The Morgan fingerprint density at radius 3 is 2.47 bits per heavy atom. The molecule has 2 aromatic rings. The summed E-state index contributed by atoms with van der Waals surface area (Å²) < 4.78 is 26.6. The molecular weight excluding hydrogens is 291 g/mol. The number of benzene rings is 2. The zero-order chi connectivity index (χ0) is 14.0. The van der Waals surface area contributed by atoms with Crippen LogP contribution in [0.2, 0.25) is 10.0 Å². The quantitative estimate of drug-likeness (QED) is 0.886. The zero-order valence-electron chi connectivity index (χ0n) is 9.84. The van der Waals surface area contributed by atoms with Gasteiger partial charge in [0, 0.05) is 6.04 Å². The van der Waals surface area contributed by atoms with Gasteiger partial charge >= 0.3 is 0 Å².